The Kier molecular flexibility index (Phi) is 5.08. The molecule has 2 nitrogen and oxygen atoms in total. The quantitative estimate of drug-likeness (QED) is 0.825. The lowest BCUT2D eigenvalue weighted by molar-refractivity contribution is 0.0566. The predicted octanol–water partition coefficient (Wildman–Crippen LogP) is 3.42. The fraction of sp³-hybridized carbons (Fsp3) is 1.00. The van der Waals surface area contributed by atoms with Gasteiger partial charge in [-0.2, -0.15) is 0 Å². The van der Waals surface area contributed by atoms with E-state index in [0.717, 1.165) is 12.0 Å². The van der Waals surface area contributed by atoms with E-state index in [2.05, 4.69) is 31.0 Å². The maximum Gasteiger partial charge on any atom is 0.0304 e. The Bertz CT molecular complexity index is 247. The van der Waals surface area contributed by atoms with Crippen molar-refractivity contribution >= 4 is 0 Å². The molecule has 0 radical (unpaired) electrons. The number of hydrogen-bond acceptors (Lipinski definition) is 2. The number of hydrogen-bond donors (Lipinski definition) is 1. The summed E-state index contributed by atoms with van der Waals surface area (Å²) in [6.07, 6.45) is 9.76. The molecule has 2 aliphatic rings. The maximum absolute atomic E-state index is 3.78. The molecular formula is C16H32N2. The van der Waals surface area contributed by atoms with Gasteiger partial charge >= 0.3 is 0 Å². The Hall–Kier alpha value is -0.0800. The van der Waals surface area contributed by atoms with Gasteiger partial charge in [-0.15, -0.1) is 0 Å². The Morgan fingerprint density at radius 2 is 1.94 bits per heavy atom. The van der Waals surface area contributed by atoms with Gasteiger partial charge in [-0.25, -0.2) is 0 Å². The molecule has 0 spiro atoms. The summed E-state index contributed by atoms with van der Waals surface area (Å²) in [5.74, 6) is 0.997. The Morgan fingerprint density at radius 1 is 1.17 bits per heavy atom. The van der Waals surface area contributed by atoms with Crippen LogP contribution in [0.15, 0.2) is 0 Å². The molecule has 0 amide bonds. The van der Waals surface area contributed by atoms with Gasteiger partial charge in [-0.3, -0.25) is 4.90 Å². The summed E-state index contributed by atoms with van der Waals surface area (Å²) in [6.45, 7) is 10.8. The molecule has 0 bridgehead atoms. The SMILES string of the molecule is CCC1CCCC(N2CCNC(CC)(CC)C2)C1. The fourth-order valence-electron chi connectivity index (χ4n) is 3.99. The van der Waals surface area contributed by atoms with Crippen molar-refractivity contribution in [1.82, 2.24) is 10.2 Å². The first-order valence-electron chi connectivity index (χ1n) is 8.22. The molecule has 1 N–H and O–H groups in total. The molecule has 0 aromatic rings. The van der Waals surface area contributed by atoms with Gasteiger partial charge in [0.2, 0.25) is 0 Å². The minimum absolute atomic E-state index is 0.400. The van der Waals surface area contributed by atoms with Crippen molar-refractivity contribution in [3.8, 4) is 0 Å². The normalized spacial score (nSPS) is 33.5. The predicted molar refractivity (Wildman–Crippen MR) is 78.9 cm³/mol. The highest BCUT2D eigenvalue weighted by molar-refractivity contribution is 4.95. The summed E-state index contributed by atoms with van der Waals surface area (Å²) in [6, 6.07) is 0.878. The van der Waals surface area contributed by atoms with Crippen molar-refractivity contribution in [3.63, 3.8) is 0 Å². The summed E-state index contributed by atoms with van der Waals surface area (Å²) >= 11 is 0. The van der Waals surface area contributed by atoms with Crippen molar-refractivity contribution in [3.05, 3.63) is 0 Å². The van der Waals surface area contributed by atoms with Gasteiger partial charge in [0, 0.05) is 31.2 Å². The molecule has 1 aliphatic heterocycles. The third kappa shape index (κ3) is 3.08. The van der Waals surface area contributed by atoms with Crippen molar-refractivity contribution in [1.29, 1.82) is 0 Å². The lowest BCUT2D eigenvalue weighted by Crippen LogP contribution is -2.62. The van der Waals surface area contributed by atoms with Gasteiger partial charge in [0.1, 0.15) is 0 Å². The van der Waals surface area contributed by atoms with Gasteiger partial charge in [0.15, 0.2) is 0 Å². The second-order valence-corrected chi connectivity index (χ2v) is 6.48. The van der Waals surface area contributed by atoms with Crippen molar-refractivity contribution < 1.29 is 0 Å². The third-order valence-electron chi connectivity index (χ3n) is 5.61. The molecule has 106 valence electrons. The average Bonchev–Trinajstić information content (AvgIpc) is 2.47. The number of nitrogens with one attached hydrogen (secondary N) is 1. The second-order valence-electron chi connectivity index (χ2n) is 6.48. The standard InChI is InChI=1S/C16H32N2/c1-4-14-8-7-9-15(12-14)18-11-10-17-16(5-2,6-3)13-18/h14-15,17H,4-13H2,1-3H3. The van der Waals surface area contributed by atoms with Crippen LogP contribution in [-0.2, 0) is 0 Å². The molecular weight excluding hydrogens is 220 g/mol. The van der Waals surface area contributed by atoms with Crippen LogP contribution in [0, 0.1) is 5.92 Å². The topological polar surface area (TPSA) is 15.3 Å². The minimum atomic E-state index is 0.400. The van der Waals surface area contributed by atoms with Crippen LogP contribution in [0.25, 0.3) is 0 Å². The van der Waals surface area contributed by atoms with Gasteiger partial charge in [-0.05, 0) is 31.6 Å². The molecule has 1 aliphatic carbocycles. The lowest BCUT2D eigenvalue weighted by Gasteiger charge is -2.47. The zero-order chi connectivity index (χ0) is 13.0. The van der Waals surface area contributed by atoms with Crippen molar-refractivity contribution in [2.24, 2.45) is 5.92 Å². The zero-order valence-electron chi connectivity index (χ0n) is 12.7. The third-order valence-corrected chi connectivity index (χ3v) is 5.61. The van der Waals surface area contributed by atoms with Crippen LogP contribution in [-0.4, -0.2) is 36.1 Å². The van der Waals surface area contributed by atoms with Crippen molar-refractivity contribution in [2.45, 2.75) is 77.3 Å². The number of nitrogens with zero attached hydrogens (tertiary/aromatic N) is 1. The van der Waals surface area contributed by atoms with Crippen LogP contribution in [0.1, 0.15) is 65.7 Å². The van der Waals surface area contributed by atoms with E-state index >= 15 is 0 Å². The van der Waals surface area contributed by atoms with Crippen LogP contribution in [0.2, 0.25) is 0 Å². The van der Waals surface area contributed by atoms with Crippen LogP contribution in [0.5, 0.6) is 0 Å². The molecule has 2 unspecified atom stereocenters. The van der Waals surface area contributed by atoms with Crippen LogP contribution in [0.3, 0.4) is 0 Å². The molecule has 1 heterocycles. The van der Waals surface area contributed by atoms with Gasteiger partial charge < -0.3 is 5.32 Å². The van der Waals surface area contributed by atoms with Crippen LogP contribution >= 0.6 is 0 Å². The molecule has 2 atom stereocenters. The van der Waals surface area contributed by atoms with E-state index in [1.807, 2.05) is 0 Å². The Morgan fingerprint density at radius 3 is 2.61 bits per heavy atom. The summed E-state index contributed by atoms with van der Waals surface area (Å²) in [7, 11) is 0. The van der Waals surface area contributed by atoms with E-state index in [1.54, 1.807) is 0 Å². The van der Waals surface area contributed by atoms with Gasteiger partial charge in [0.25, 0.3) is 0 Å². The summed E-state index contributed by atoms with van der Waals surface area (Å²) in [4.78, 5) is 2.81. The molecule has 1 saturated carbocycles. The number of rotatable bonds is 4. The molecule has 2 heteroatoms. The highest BCUT2D eigenvalue weighted by Crippen LogP contribution is 2.32. The van der Waals surface area contributed by atoms with Crippen molar-refractivity contribution in [2.75, 3.05) is 19.6 Å². The van der Waals surface area contributed by atoms with E-state index in [-0.39, 0.29) is 0 Å². The molecule has 18 heavy (non-hydrogen) atoms. The number of piperazine rings is 1. The molecule has 1 saturated heterocycles. The largest absolute Gasteiger partial charge is 0.309 e. The monoisotopic (exact) mass is 252 g/mol. The first-order chi connectivity index (χ1) is 8.73. The molecule has 0 aromatic heterocycles. The first-order valence-corrected chi connectivity index (χ1v) is 8.22. The van der Waals surface area contributed by atoms with E-state index in [0.29, 0.717) is 5.54 Å². The lowest BCUT2D eigenvalue weighted by atomic mass is 9.81. The maximum atomic E-state index is 3.78. The summed E-state index contributed by atoms with van der Waals surface area (Å²) in [5.41, 5.74) is 0.400. The van der Waals surface area contributed by atoms with E-state index in [1.165, 1.54) is 64.6 Å². The smallest absolute Gasteiger partial charge is 0.0304 e. The van der Waals surface area contributed by atoms with E-state index in [9.17, 15) is 0 Å². The Labute approximate surface area is 114 Å². The summed E-state index contributed by atoms with van der Waals surface area (Å²) in [5, 5.41) is 3.78. The Balaban J connectivity index is 1.95. The van der Waals surface area contributed by atoms with Crippen LogP contribution in [0.4, 0.5) is 0 Å². The van der Waals surface area contributed by atoms with Gasteiger partial charge in [0.05, 0.1) is 0 Å². The van der Waals surface area contributed by atoms with E-state index in [4.69, 9.17) is 0 Å². The molecule has 2 rings (SSSR count). The molecule has 2 fully saturated rings. The highest BCUT2D eigenvalue weighted by atomic mass is 15.2. The molecule has 0 aromatic carbocycles. The average molecular weight is 252 g/mol. The van der Waals surface area contributed by atoms with Crippen LogP contribution < -0.4 is 5.32 Å². The second kappa shape index (κ2) is 6.38. The van der Waals surface area contributed by atoms with E-state index < -0.39 is 0 Å². The fourth-order valence-corrected chi connectivity index (χ4v) is 3.99. The first kappa shape index (κ1) is 14.3. The minimum Gasteiger partial charge on any atom is -0.309 e. The zero-order valence-corrected chi connectivity index (χ0v) is 12.7. The summed E-state index contributed by atoms with van der Waals surface area (Å²) < 4.78 is 0. The van der Waals surface area contributed by atoms with Gasteiger partial charge in [-0.1, -0.05) is 40.0 Å². The highest BCUT2D eigenvalue weighted by Gasteiger charge is 2.35.